The molecule has 1 atom stereocenters. The van der Waals surface area contributed by atoms with E-state index in [1.54, 1.807) is 6.07 Å². The third-order valence-corrected chi connectivity index (χ3v) is 3.26. The fourth-order valence-corrected chi connectivity index (χ4v) is 2.52. The van der Waals surface area contributed by atoms with Gasteiger partial charge in [0.2, 0.25) is 0 Å². The first-order valence-corrected chi connectivity index (χ1v) is 6.28. The van der Waals surface area contributed by atoms with E-state index in [0.717, 1.165) is 0 Å². The van der Waals surface area contributed by atoms with Crippen LogP contribution in [0.2, 0.25) is 0 Å². The van der Waals surface area contributed by atoms with Crippen molar-refractivity contribution in [2.75, 3.05) is 19.6 Å². The molecule has 1 aromatic carbocycles. The van der Waals surface area contributed by atoms with Crippen LogP contribution in [0.4, 0.5) is 26.3 Å². The maximum Gasteiger partial charge on any atom is 0.573 e. The zero-order valence-corrected chi connectivity index (χ0v) is 10.8. The fraction of sp³-hybridized carbons (Fsp3) is 0.538. The highest BCUT2D eigenvalue weighted by molar-refractivity contribution is 5.37. The lowest BCUT2D eigenvalue weighted by Gasteiger charge is -2.19. The van der Waals surface area contributed by atoms with E-state index in [-0.39, 0.29) is 18.8 Å². The Morgan fingerprint density at radius 1 is 1.10 bits per heavy atom. The lowest BCUT2D eigenvalue weighted by Crippen LogP contribution is -2.32. The van der Waals surface area contributed by atoms with Gasteiger partial charge in [-0.05, 0) is 24.6 Å². The largest absolute Gasteiger partial charge is 0.573 e. The molecule has 1 aliphatic rings. The first-order valence-electron chi connectivity index (χ1n) is 6.28. The van der Waals surface area contributed by atoms with Gasteiger partial charge in [0.1, 0.15) is 5.75 Å². The highest BCUT2D eigenvalue weighted by atomic mass is 19.4. The molecule has 0 bridgehead atoms. The molecular weight excluding hydrogens is 300 g/mol. The highest BCUT2D eigenvalue weighted by Gasteiger charge is 2.37. The van der Waals surface area contributed by atoms with E-state index in [1.165, 1.54) is 23.1 Å². The van der Waals surface area contributed by atoms with Crippen LogP contribution in [0.25, 0.3) is 0 Å². The van der Waals surface area contributed by atoms with E-state index in [0.29, 0.717) is 12.0 Å². The first kappa shape index (κ1) is 15.9. The van der Waals surface area contributed by atoms with Gasteiger partial charge in [0.05, 0.1) is 6.54 Å². The molecule has 1 saturated heterocycles. The van der Waals surface area contributed by atoms with Crippen LogP contribution in [-0.4, -0.2) is 37.1 Å². The van der Waals surface area contributed by atoms with Crippen molar-refractivity contribution in [1.29, 1.82) is 0 Å². The molecular formula is C13H13F6NO. The first-order chi connectivity index (χ1) is 9.64. The van der Waals surface area contributed by atoms with Crippen LogP contribution >= 0.6 is 0 Å². The van der Waals surface area contributed by atoms with Gasteiger partial charge in [-0.25, -0.2) is 0 Å². The molecule has 0 N–H and O–H groups in total. The second-order valence-electron chi connectivity index (χ2n) is 4.92. The van der Waals surface area contributed by atoms with Crippen molar-refractivity contribution in [2.24, 2.45) is 0 Å². The number of rotatable bonds is 3. The van der Waals surface area contributed by atoms with E-state index in [9.17, 15) is 26.3 Å². The molecule has 1 aliphatic heterocycles. The topological polar surface area (TPSA) is 12.5 Å². The third-order valence-electron chi connectivity index (χ3n) is 3.26. The van der Waals surface area contributed by atoms with Crippen LogP contribution in [-0.2, 0) is 0 Å². The summed E-state index contributed by atoms with van der Waals surface area (Å²) in [6, 6.07) is 5.58. The lowest BCUT2D eigenvalue weighted by molar-refractivity contribution is -0.275. The summed E-state index contributed by atoms with van der Waals surface area (Å²) in [6.07, 6.45) is -8.76. The van der Waals surface area contributed by atoms with Crippen LogP contribution < -0.4 is 4.74 Å². The van der Waals surface area contributed by atoms with Crippen molar-refractivity contribution in [1.82, 2.24) is 4.90 Å². The Balaban J connectivity index is 2.09. The van der Waals surface area contributed by atoms with Gasteiger partial charge in [-0.2, -0.15) is 13.2 Å². The van der Waals surface area contributed by atoms with Gasteiger partial charge in [-0.3, -0.25) is 4.90 Å². The second-order valence-corrected chi connectivity index (χ2v) is 4.92. The second kappa shape index (κ2) is 5.75. The molecule has 0 aliphatic carbocycles. The van der Waals surface area contributed by atoms with Gasteiger partial charge < -0.3 is 4.74 Å². The Kier molecular flexibility index (Phi) is 4.36. The summed E-state index contributed by atoms with van der Waals surface area (Å²) in [5.74, 6) is -0.741. The maximum atomic E-state index is 12.3. The number of nitrogens with zero attached hydrogens (tertiary/aromatic N) is 1. The fourth-order valence-electron chi connectivity index (χ4n) is 2.52. The Morgan fingerprint density at radius 2 is 1.76 bits per heavy atom. The van der Waals surface area contributed by atoms with Gasteiger partial charge in [0, 0.05) is 12.5 Å². The molecule has 0 unspecified atom stereocenters. The molecule has 0 amide bonds. The predicted molar refractivity (Wildman–Crippen MR) is 63.0 cm³/mol. The highest BCUT2D eigenvalue weighted by Crippen LogP contribution is 2.36. The molecule has 2 nitrogen and oxygen atoms in total. The van der Waals surface area contributed by atoms with Crippen molar-refractivity contribution >= 4 is 0 Å². The summed E-state index contributed by atoms with van der Waals surface area (Å²) in [7, 11) is 0. The standard InChI is InChI=1S/C13H13F6NO/c14-12(15,16)8-20-6-5-9(7-20)10-3-1-2-4-11(10)21-13(17,18)19/h1-4,9H,5-8H2/t9-/m0/s1. The quantitative estimate of drug-likeness (QED) is 0.784. The summed E-state index contributed by atoms with van der Waals surface area (Å²) >= 11 is 0. The van der Waals surface area contributed by atoms with Gasteiger partial charge >= 0.3 is 12.5 Å². The molecule has 21 heavy (non-hydrogen) atoms. The van der Waals surface area contributed by atoms with Crippen LogP contribution in [0.3, 0.4) is 0 Å². The molecule has 1 heterocycles. The van der Waals surface area contributed by atoms with Crippen LogP contribution in [0.1, 0.15) is 17.9 Å². The van der Waals surface area contributed by atoms with Gasteiger partial charge in [-0.15, -0.1) is 13.2 Å². The molecule has 0 saturated carbocycles. The summed E-state index contributed by atoms with van der Waals surface area (Å²) in [6.45, 7) is -0.784. The van der Waals surface area contributed by atoms with Gasteiger partial charge in [0.15, 0.2) is 0 Å². The van der Waals surface area contributed by atoms with E-state index in [1.807, 2.05) is 0 Å². The van der Waals surface area contributed by atoms with E-state index < -0.39 is 25.0 Å². The average molecular weight is 313 g/mol. The number of alkyl halides is 6. The molecule has 2 rings (SSSR count). The van der Waals surface area contributed by atoms with E-state index in [2.05, 4.69) is 4.74 Å². The Labute approximate surface area is 117 Å². The number of likely N-dealkylation sites (tertiary alicyclic amines) is 1. The summed E-state index contributed by atoms with van der Waals surface area (Å²) in [5.41, 5.74) is 0.291. The normalized spacial score (nSPS) is 20.8. The van der Waals surface area contributed by atoms with Crippen molar-refractivity contribution in [2.45, 2.75) is 24.9 Å². The number of ether oxygens (including phenoxy) is 1. The van der Waals surface area contributed by atoms with Crippen molar-refractivity contribution in [3.63, 3.8) is 0 Å². The third kappa shape index (κ3) is 4.80. The number of hydrogen-bond acceptors (Lipinski definition) is 2. The Bertz CT molecular complexity index is 484. The van der Waals surface area contributed by atoms with Crippen molar-refractivity contribution in [3.8, 4) is 5.75 Å². The molecule has 1 aromatic rings. The molecule has 1 fully saturated rings. The van der Waals surface area contributed by atoms with Crippen molar-refractivity contribution in [3.05, 3.63) is 29.8 Å². The Morgan fingerprint density at radius 3 is 2.38 bits per heavy atom. The molecule has 0 radical (unpaired) electrons. The minimum Gasteiger partial charge on any atom is -0.405 e. The zero-order valence-electron chi connectivity index (χ0n) is 10.8. The smallest absolute Gasteiger partial charge is 0.405 e. The molecule has 0 aromatic heterocycles. The summed E-state index contributed by atoms with van der Waals surface area (Å²) in [4.78, 5) is 1.19. The maximum absolute atomic E-state index is 12.3. The SMILES string of the molecule is FC(F)(F)CN1CC[C@H](c2ccccc2OC(F)(F)F)C1. The number of hydrogen-bond donors (Lipinski definition) is 0. The van der Waals surface area contributed by atoms with E-state index >= 15 is 0 Å². The lowest BCUT2D eigenvalue weighted by atomic mass is 9.97. The van der Waals surface area contributed by atoms with Crippen LogP contribution in [0, 0.1) is 0 Å². The van der Waals surface area contributed by atoms with Gasteiger partial charge in [0.25, 0.3) is 0 Å². The predicted octanol–water partition coefficient (Wildman–Crippen LogP) is 3.94. The minimum absolute atomic E-state index is 0.0672. The summed E-state index contributed by atoms with van der Waals surface area (Å²) in [5, 5.41) is 0. The zero-order chi connectivity index (χ0) is 15.7. The average Bonchev–Trinajstić information content (AvgIpc) is 2.73. The van der Waals surface area contributed by atoms with Crippen LogP contribution in [0.5, 0.6) is 5.75 Å². The Hall–Kier alpha value is -1.44. The van der Waals surface area contributed by atoms with Gasteiger partial charge in [-0.1, -0.05) is 18.2 Å². The molecule has 8 heteroatoms. The summed E-state index contributed by atoms with van der Waals surface area (Å²) < 4.78 is 77.9. The number of para-hydroxylation sites is 1. The van der Waals surface area contributed by atoms with E-state index in [4.69, 9.17) is 0 Å². The molecule has 118 valence electrons. The van der Waals surface area contributed by atoms with Crippen molar-refractivity contribution < 1.29 is 31.1 Å². The monoisotopic (exact) mass is 313 g/mol. The number of halogens is 6. The minimum atomic E-state index is -4.82. The number of benzene rings is 1. The van der Waals surface area contributed by atoms with Crippen LogP contribution in [0.15, 0.2) is 24.3 Å². The molecule has 0 spiro atoms.